The summed E-state index contributed by atoms with van der Waals surface area (Å²) in [5.74, 6) is 1.28. The number of ether oxygens (including phenoxy) is 1. The third-order valence-corrected chi connectivity index (χ3v) is 2.04. The van der Waals surface area contributed by atoms with Crippen molar-refractivity contribution in [3.8, 4) is 0 Å². The van der Waals surface area contributed by atoms with E-state index in [9.17, 15) is 4.79 Å². The number of nitrogen functional groups attached to an aromatic ring is 1. The van der Waals surface area contributed by atoms with Crippen molar-refractivity contribution in [2.24, 2.45) is 0 Å². The van der Waals surface area contributed by atoms with Crippen LogP contribution in [0, 0.1) is 6.92 Å². The first-order valence-corrected chi connectivity index (χ1v) is 5.52. The summed E-state index contributed by atoms with van der Waals surface area (Å²) in [6.07, 6.45) is 1.31. The second kappa shape index (κ2) is 5.07. The first kappa shape index (κ1) is 13.3. The van der Waals surface area contributed by atoms with E-state index in [1.54, 1.807) is 6.20 Å². The van der Waals surface area contributed by atoms with Crippen LogP contribution in [0.4, 0.5) is 10.6 Å². The third-order valence-electron chi connectivity index (χ3n) is 2.04. The minimum atomic E-state index is -0.414. The van der Waals surface area contributed by atoms with Crippen molar-refractivity contribution in [2.45, 2.75) is 39.8 Å². The molecule has 0 bridgehead atoms. The molecule has 0 aliphatic carbocycles. The zero-order valence-corrected chi connectivity index (χ0v) is 10.8. The molecule has 6 heteroatoms. The summed E-state index contributed by atoms with van der Waals surface area (Å²) in [5.41, 5.74) is 5.26. The lowest BCUT2D eigenvalue weighted by Crippen LogP contribution is -2.41. The van der Waals surface area contributed by atoms with Crippen LogP contribution in [-0.2, 0) is 11.3 Å². The Balaban J connectivity index is 2.33. The molecule has 0 aromatic carbocycles. The van der Waals surface area contributed by atoms with Crippen LogP contribution in [0.3, 0.4) is 0 Å². The van der Waals surface area contributed by atoms with Crippen molar-refractivity contribution < 1.29 is 9.53 Å². The molecular weight excluding hydrogens is 220 g/mol. The average molecular weight is 240 g/mol. The molecular formula is C11H20N4O2. The van der Waals surface area contributed by atoms with Gasteiger partial charge >= 0.3 is 6.09 Å². The van der Waals surface area contributed by atoms with Crippen LogP contribution in [0.2, 0.25) is 0 Å². The predicted molar refractivity (Wildman–Crippen MR) is 65.6 cm³/mol. The fraction of sp³-hybridized carbons (Fsp3) is 0.636. The lowest BCUT2D eigenvalue weighted by Gasteiger charge is -2.20. The molecule has 1 amide bonds. The Morgan fingerprint density at radius 2 is 2.24 bits per heavy atom. The molecule has 1 rings (SSSR count). The van der Waals surface area contributed by atoms with Crippen LogP contribution in [0.25, 0.3) is 0 Å². The number of imidazole rings is 1. The molecule has 0 atom stereocenters. The standard InChI is InChI=1S/C11H20N4O2/c1-8-13-9(12)7-15(8)5-6-17-10(16)14-11(2,3)4/h7H,5-6,12H2,1-4H3,(H,14,16). The molecule has 6 nitrogen and oxygen atoms in total. The molecule has 1 heterocycles. The molecule has 0 unspecified atom stereocenters. The number of alkyl carbamates (subject to hydrolysis) is 1. The van der Waals surface area contributed by atoms with Gasteiger partial charge in [0.2, 0.25) is 0 Å². The fourth-order valence-corrected chi connectivity index (χ4v) is 1.34. The first-order valence-electron chi connectivity index (χ1n) is 5.52. The molecule has 96 valence electrons. The van der Waals surface area contributed by atoms with Gasteiger partial charge in [0.25, 0.3) is 0 Å². The zero-order chi connectivity index (χ0) is 13.1. The fourth-order valence-electron chi connectivity index (χ4n) is 1.34. The highest BCUT2D eigenvalue weighted by Crippen LogP contribution is 2.03. The quantitative estimate of drug-likeness (QED) is 0.834. The van der Waals surface area contributed by atoms with Gasteiger partial charge in [-0.2, -0.15) is 0 Å². The Morgan fingerprint density at radius 1 is 1.59 bits per heavy atom. The second-order valence-electron chi connectivity index (χ2n) is 4.92. The SMILES string of the molecule is Cc1nc(N)cn1CCOC(=O)NC(C)(C)C. The lowest BCUT2D eigenvalue weighted by atomic mass is 10.1. The molecule has 0 saturated carbocycles. The number of aryl methyl sites for hydroxylation is 1. The van der Waals surface area contributed by atoms with Crippen molar-refractivity contribution >= 4 is 11.9 Å². The van der Waals surface area contributed by atoms with Gasteiger partial charge in [0.1, 0.15) is 18.2 Å². The minimum absolute atomic E-state index is 0.285. The van der Waals surface area contributed by atoms with E-state index < -0.39 is 6.09 Å². The highest BCUT2D eigenvalue weighted by atomic mass is 16.5. The smallest absolute Gasteiger partial charge is 0.407 e. The van der Waals surface area contributed by atoms with E-state index in [1.807, 2.05) is 32.3 Å². The molecule has 1 aromatic rings. The summed E-state index contributed by atoms with van der Waals surface area (Å²) in [6.45, 7) is 8.39. The molecule has 0 aliphatic rings. The normalized spacial score (nSPS) is 11.3. The van der Waals surface area contributed by atoms with Gasteiger partial charge in [-0.05, 0) is 27.7 Å². The van der Waals surface area contributed by atoms with Gasteiger partial charge < -0.3 is 20.4 Å². The number of hydrogen-bond donors (Lipinski definition) is 2. The van der Waals surface area contributed by atoms with E-state index in [2.05, 4.69) is 10.3 Å². The maximum absolute atomic E-state index is 11.4. The summed E-state index contributed by atoms with van der Waals surface area (Å²) in [5, 5.41) is 2.71. The minimum Gasteiger partial charge on any atom is -0.448 e. The van der Waals surface area contributed by atoms with E-state index >= 15 is 0 Å². The number of rotatable bonds is 3. The largest absolute Gasteiger partial charge is 0.448 e. The number of nitrogens with one attached hydrogen (secondary N) is 1. The summed E-state index contributed by atoms with van der Waals surface area (Å²) >= 11 is 0. The molecule has 0 saturated heterocycles. The summed E-state index contributed by atoms with van der Waals surface area (Å²) in [6, 6.07) is 0. The number of nitrogens with two attached hydrogens (primary N) is 1. The summed E-state index contributed by atoms with van der Waals surface area (Å²) < 4.78 is 6.89. The molecule has 0 radical (unpaired) electrons. The number of hydrogen-bond acceptors (Lipinski definition) is 4. The lowest BCUT2D eigenvalue weighted by molar-refractivity contribution is 0.133. The molecule has 17 heavy (non-hydrogen) atoms. The Hall–Kier alpha value is -1.72. The van der Waals surface area contributed by atoms with Crippen molar-refractivity contribution in [1.82, 2.24) is 14.9 Å². The highest BCUT2D eigenvalue weighted by Gasteiger charge is 2.14. The summed E-state index contributed by atoms with van der Waals surface area (Å²) in [4.78, 5) is 15.4. The highest BCUT2D eigenvalue weighted by molar-refractivity contribution is 5.67. The second-order valence-corrected chi connectivity index (χ2v) is 4.92. The van der Waals surface area contributed by atoms with Gasteiger partial charge in [-0.3, -0.25) is 0 Å². The van der Waals surface area contributed by atoms with Gasteiger partial charge in [-0.15, -0.1) is 0 Å². The Morgan fingerprint density at radius 3 is 2.71 bits per heavy atom. The molecule has 0 spiro atoms. The van der Waals surface area contributed by atoms with E-state index in [4.69, 9.17) is 10.5 Å². The number of amides is 1. The number of carbonyl (C=O) groups is 1. The first-order chi connectivity index (χ1) is 7.78. The van der Waals surface area contributed by atoms with Gasteiger partial charge in [0, 0.05) is 11.7 Å². The molecule has 3 N–H and O–H groups in total. The van der Waals surface area contributed by atoms with Crippen molar-refractivity contribution in [3.05, 3.63) is 12.0 Å². The van der Waals surface area contributed by atoms with Crippen LogP contribution >= 0.6 is 0 Å². The van der Waals surface area contributed by atoms with E-state index in [-0.39, 0.29) is 5.54 Å². The van der Waals surface area contributed by atoms with Gasteiger partial charge in [-0.25, -0.2) is 9.78 Å². The zero-order valence-electron chi connectivity index (χ0n) is 10.8. The average Bonchev–Trinajstić information content (AvgIpc) is 2.42. The van der Waals surface area contributed by atoms with Crippen LogP contribution < -0.4 is 11.1 Å². The summed E-state index contributed by atoms with van der Waals surface area (Å²) in [7, 11) is 0. The van der Waals surface area contributed by atoms with Crippen molar-refractivity contribution in [3.63, 3.8) is 0 Å². The van der Waals surface area contributed by atoms with Gasteiger partial charge in [0.15, 0.2) is 0 Å². The Labute approximate surface area is 101 Å². The number of carbonyl (C=O) groups excluding carboxylic acids is 1. The maximum Gasteiger partial charge on any atom is 0.407 e. The maximum atomic E-state index is 11.4. The predicted octanol–water partition coefficient (Wildman–Crippen LogP) is 1.30. The number of aromatic nitrogens is 2. The van der Waals surface area contributed by atoms with E-state index in [0.717, 1.165) is 5.82 Å². The van der Waals surface area contributed by atoms with Crippen LogP contribution in [-0.4, -0.2) is 27.8 Å². The molecule has 0 fully saturated rings. The molecule has 0 aliphatic heterocycles. The van der Waals surface area contributed by atoms with E-state index in [0.29, 0.717) is 19.0 Å². The van der Waals surface area contributed by atoms with Gasteiger partial charge in [0.05, 0.1) is 6.54 Å². The Bertz CT molecular complexity index is 393. The van der Waals surface area contributed by atoms with Crippen molar-refractivity contribution in [1.29, 1.82) is 0 Å². The molecule has 1 aromatic heterocycles. The van der Waals surface area contributed by atoms with Crippen LogP contribution in [0.1, 0.15) is 26.6 Å². The number of anilines is 1. The topological polar surface area (TPSA) is 82.2 Å². The van der Waals surface area contributed by atoms with E-state index in [1.165, 1.54) is 0 Å². The van der Waals surface area contributed by atoms with Gasteiger partial charge in [-0.1, -0.05) is 0 Å². The third kappa shape index (κ3) is 4.76. The van der Waals surface area contributed by atoms with Crippen molar-refractivity contribution in [2.75, 3.05) is 12.3 Å². The Kier molecular flexibility index (Phi) is 3.98. The monoisotopic (exact) mass is 240 g/mol. The number of nitrogens with zero attached hydrogens (tertiary/aromatic N) is 2. The van der Waals surface area contributed by atoms with Crippen LogP contribution in [0.5, 0.6) is 0 Å². The van der Waals surface area contributed by atoms with Crippen LogP contribution in [0.15, 0.2) is 6.20 Å².